The molecule has 0 bridgehead atoms. The molecule has 0 saturated heterocycles. The van der Waals surface area contributed by atoms with Gasteiger partial charge in [0.15, 0.2) is 0 Å². The summed E-state index contributed by atoms with van der Waals surface area (Å²) in [6.07, 6.45) is -4.45. The van der Waals surface area contributed by atoms with Crippen molar-refractivity contribution < 1.29 is 18.0 Å². The van der Waals surface area contributed by atoms with Crippen LogP contribution in [0.5, 0.6) is 0 Å². The molecule has 1 heterocycles. The second-order valence-electron chi connectivity index (χ2n) is 4.09. The fourth-order valence-corrected chi connectivity index (χ4v) is 1.45. The van der Waals surface area contributed by atoms with E-state index in [9.17, 15) is 18.0 Å². The molecule has 6 nitrogen and oxygen atoms in total. The first-order valence-corrected chi connectivity index (χ1v) is 5.55. The molecule has 1 aromatic heterocycles. The molecular weight excluding hydrogens is 275 g/mol. The first-order valence-electron chi connectivity index (χ1n) is 5.55. The van der Waals surface area contributed by atoms with Gasteiger partial charge in [0.1, 0.15) is 6.04 Å². The number of amides is 1. The Hall–Kier alpha value is -2.45. The molecule has 0 aliphatic carbocycles. The van der Waals surface area contributed by atoms with Crippen LogP contribution in [0, 0.1) is 0 Å². The van der Waals surface area contributed by atoms with Gasteiger partial charge in [-0.1, -0.05) is 12.1 Å². The Balaban J connectivity index is 2.36. The van der Waals surface area contributed by atoms with Crippen LogP contribution in [0.25, 0.3) is 11.4 Å². The minimum Gasteiger partial charge on any atom is -0.368 e. The summed E-state index contributed by atoms with van der Waals surface area (Å²) in [7, 11) is 0. The van der Waals surface area contributed by atoms with E-state index in [0.29, 0.717) is 0 Å². The summed E-state index contributed by atoms with van der Waals surface area (Å²) in [6, 6.07) is 3.69. The molecular formula is C11H10F3N5O. The molecule has 2 rings (SSSR count). The lowest BCUT2D eigenvalue weighted by Gasteiger charge is -2.06. The first kappa shape index (κ1) is 14.0. The van der Waals surface area contributed by atoms with Crippen LogP contribution in [-0.4, -0.2) is 26.1 Å². The number of nitrogens with zero attached hydrogens (tertiary/aromatic N) is 4. The maximum absolute atomic E-state index is 12.6. The summed E-state index contributed by atoms with van der Waals surface area (Å²) in [5, 5.41) is 11.1. The van der Waals surface area contributed by atoms with Gasteiger partial charge in [-0.15, -0.1) is 10.2 Å². The van der Waals surface area contributed by atoms with Crippen molar-refractivity contribution in [3.8, 4) is 11.4 Å². The third-order valence-electron chi connectivity index (χ3n) is 2.63. The molecule has 20 heavy (non-hydrogen) atoms. The van der Waals surface area contributed by atoms with Gasteiger partial charge in [-0.3, -0.25) is 4.79 Å². The van der Waals surface area contributed by atoms with Crippen molar-refractivity contribution >= 4 is 5.91 Å². The van der Waals surface area contributed by atoms with Crippen molar-refractivity contribution in [3.05, 3.63) is 29.8 Å². The number of rotatable bonds is 3. The van der Waals surface area contributed by atoms with E-state index in [1.807, 2.05) is 0 Å². The van der Waals surface area contributed by atoms with Crippen LogP contribution >= 0.6 is 0 Å². The van der Waals surface area contributed by atoms with E-state index in [1.54, 1.807) is 0 Å². The van der Waals surface area contributed by atoms with Crippen molar-refractivity contribution in [3.63, 3.8) is 0 Å². The molecule has 1 amide bonds. The van der Waals surface area contributed by atoms with Gasteiger partial charge in [0.05, 0.1) is 5.56 Å². The summed E-state index contributed by atoms with van der Waals surface area (Å²) in [6.45, 7) is 1.46. The maximum Gasteiger partial charge on any atom is 0.416 e. The number of alkyl halides is 3. The average molecular weight is 285 g/mol. The molecule has 9 heteroatoms. The molecule has 2 N–H and O–H groups in total. The van der Waals surface area contributed by atoms with Gasteiger partial charge in [-0.05, 0) is 24.3 Å². The van der Waals surface area contributed by atoms with Gasteiger partial charge in [0.2, 0.25) is 11.7 Å². The highest BCUT2D eigenvalue weighted by atomic mass is 19.4. The second-order valence-corrected chi connectivity index (χ2v) is 4.09. The highest BCUT2D eigenvalue weighted by molar-refractivity contribution is 5.77. The summed E-state index contributed by atoms with van der Waals surface area (Å²) in [4.78, 5) is 11.9. The summed E-state index contributed by atoms with van der Waals surface area (Å²) >= 11 is 0. The Morgan fingerprint density at radius 2 is 2.10 bits per heavy atom. The number of nitrogens with two attached hydrogens (primary N) is 1. The minimum atomic E-state index is -4.45. The summed E-state index contributed by atoms with van der Waals surface area (Å²) in [5.74, 6) is -0.679. The molecule has 0 saturated carbocycles. The van der Waals surface area contributed by atoms with Crippen LogP contribution in [0.15, 0.2) is 24.3 Å². The topological polar surface area (TPSA) is 86.7 Å². The average Bonchev–Trinajstić information content (AvgIpc) is 2.86. The molecule has 1 atom stereocenters. The van der Waals surface area contributed by atoms with Gasteiger partial charge < -0.3 is 5.73 Å². The third-order valence-corrected chi connectivity index (χ3v) is 2.63. The number of carbonyl (C=O) groups is 1. The molecule has 106 valence electrons. The van der Waals surface area contributed by atoms with E-state index < -0.39 is 23.7 Å². The number of aromatic nitrogens is 4. The number of tetrazole rings is 1. The Kier molecular flexibility index (Phi) is 3.43. The monoisotopic (exact) mass is 285 g/mol. The van der Waals surface area contributed by atoms with Crippen molar-refractivity contribution in [1.29, 1.82) is 0 Å². The van der Waals surface area contributed by atoms with Gasteiger partial charge in [-0.2, -0.15) is 18.0 Å². The van der Waals surface area contributed by atoms with E-state index in [0.717, 1.165) is 16.9 Å². The standard InChI is InChI=1S/C11H10F3N5O/c1-6(9(15)20)19-17-10(16-18-19)7-3-2-4-8(5-7)11(12,13)14/h2-6H,1H3,(H2,15,20)/t6-/m0/s1. The Morgan fingerprint density at radius 1 is 1.40 bits per heavy atom. The fraction of sp³-hybridized carbons (Fsp3) is 0.273. The Morgan fingerprint density at radius 3 is 2.70 bits per heavy atom. The van der Waals surface area contributed by atoms with Crippen LogP contribution in [0.2, 0.25) is 0 Å². The van der Waals surface area contributed by atoms with Crippen LogP contribution in [0.4, 0.5) is 13.2 Å². The molecule has 1 aromatic carbocycles. The highest BCUT2D eigenvalue weighted by Gasteiger charge is 2.30. The van der Waals surface area contributed by atoms with Crippen molar-refractivity contribution in [2.45, 2.75) is 19.1 Å². The lowest BCUT2D eigenvalue weighted by atomic mass is 10.1. The van der Waals surface area contributed by atoms with Crippen molar-refractivity contribution in [2.24, 2.45) is 5.73 Å². The lowest BCUT2D eigenvalue weighted by molar-refractivity contribution is -0.137. The SMILES string of the molecule is C[C@@H](C(N)=O)n1nnc(-c2cccc(C(F)(F)F)c2)n1. The van der Waals surface area contributed by atoms with E-state index in [-0.39, 0.29) is 11.4 Å². The number of carbonyl (C=O) groups excluding carboxylic acids is 1. The van der Waals surface area contributed by atoms with Crippen LogP contribution in [-0.2, 0) is 11.0 Å². The summed E-state index contributed by atoms with van der Waals surface area (Å²) in [5.41, 5.74) is 4.43. The van der Waals surface area contributed by atoms with Crippen molar-refractivity contribution in [2.75, 3.05) is 0 Å². The number of halogens is 3. The van der Waals surface area contributed by atoms with Gasteiger partial charge >= 0.3 is 6.18 Å². The predicted octanol–water partition coefficient (Wildman–Crippen LogP) is 1.41. The van der Waals surface area contributed by atoms with Crippen molar-refractivity contribution in [1.82, 2.24) is 20.2 Å². The molecule has 0 aliphatic heterocycles. The van der Waals surface area contributed by atoms with Gasteiger partial charge in [-0.25, -0.2) is 0 Å². The lowest BCUT2D eigenvalue weighted by Crippen LogP contribution is -2.25. The molecule has 0 spiro atoms. The number of benzene rings is 1. The van der Waals surface area contributed by atoms with E-state index >= 15 is 0 Å². The molecule has 0 aliphatic rings. The molecule has 0 unspecified atom stereocenters. The first-order chi connectivity index (χ1) is 9.29. The number of hydrogen-bond donors (Lipinski definition) is 1. The summed E-state index contributed by atoms with van der Waals surface area (Å²) < 4.78 is 37.8. The van der Waals surface area contributed by atoms with Crippen LogP contribution in [0.1, 0.15) is 18.5 Å². The molecule has 0 radical (unpaired) electrons. The second kappa shape index (κ2) is 4.91. The van der Waals surface area contributed by atoms with Gasteiger partial charge in [0.25, 0.3) is 0 Å². The largest absolute Gasteiger partial charge is 0.416 e. The number of primary amides is 1. The van der Waals surface area contributed by atoms with E-state index in [2.05, 4.69) is 15.4 Å². The van der Waals surface area contributed by atoms with Gasteiger partial charge in [0, 0.05) is 5.56 Å². The predicted molar refractivity (Wildman–Crippen MR) is 62.2 cm³/mol. The third kappa shape index (κ3) is 2.76. The maximum atomic E-state index is 12.6. The zero-order valence-electron chi connectivity index (χ0n) is 10.3. The zero-order chi connectivity index (χ0) is 14.9. The van der Waals surface area contributed by atoms with E-state index in [4.69, 9.17) is 5.73 Å². The fourth-order valence-electron chi connectivity index (χ4n) is 1.45. The number of hydrogen-bond acceptors (Lipinski definition) is 4. The van der Waals surface area contributed by atoms with E-state index in [1.165, 1.54) is 19.1 Å². The normalized spacial score (nSPS) is 13.2. The Labute approximate surface area is 111 Å². The molecule has 0 fully saturated rings. The highest BCUT2D eigenvalue weighted by Crippen LogP contribution is 2.31. The molecule has 2 aromatic rings. The quantitative estimate of drug-likeness (QED) is 0.923. The zero-order valence-corrected chi connectivity index (χ0v) is 10.3. The minimum absolute atomic E-state index is 0.01000. The van der Waals surface area contributed by atoms with Crippen LogP contribution in [0.3, 0.4) is 0 Å². The Bertz CT molecular complexity index is 637. The van der Waals surface area contributed by atoms with Crippen LogP contribution < -0.4 is 5.73 Å². The smallest absolute Gasteiger partial charge is 0.368 e.